The average molecular weight is 723 g/mol. The second-order valence-corrected chi connectivity index (χ2v) is 15.0. The normalized spacial score (nSPS) is 20.7. The first-order valence-corrected chi connectivity index (χ1v) is 18.3. The smallest absolute Gasteiger partial charge is 0.228 e. The molecule has 0 amide bonds. The fourth-order valence-electron chi connectivity index (χ4n) is 9.46. The van der Waals surface area contributed by atoms with E-state index in [-0.39, 0.29) is 47.5 Å². The van der Waals surface area contributed by atoms with Crippen molar-refractivity contribution in [3.8, 4) is 23.0 Å². The van der Waals surface area contributed by atoms with Gasteiger partial charge in [0, 0.05) is 79.5 Å². The van der Waals surface area contributed by atoms with Crippen molar-refractivity contribution in [1.29, 1.82) is 0 Å². The summed E-state index contributed by atoms with van der Waals surface area (Å²) in [5, 5.41) is 2.58. The summed E-state index contributed by atoms with van der Waals surface area (Å²) in [5.74, 6) is 1.83. The predicted octanol–water partition coefficient (Wildman–Crippen LogP) is 8.54. The molecule has 10 rings (SSSR count). The number of carbonyl (C=O) groups excluding carboxylic acids is 4. The molecule has 6 aromatic rings. The first-order chi connectivity index (χ1) is 26.1. The minimum absolute atomic E-state index is 0.0245. The predicted molar refractivity (Wildman–Crippen MR) is 196 cm³/mol. The molecule has 10 nitrogen and oxygen atoms in total. The van der Waals surface area contributed by atoms with Crippen molar-refractivity contribution in [2.45, 2.75) is 64.2 Å². The SMILES string of the molecule is CCOc1ccc(OOc2ccc(OCC)c3cc4c(cc23)C2(C)CC(=O)Cc3coc(c32)C4=O)c2cc3c(cc12)[C@@]1(C)CCC(=O)c2coc(c21)C3=O. The minimum Gasteiger partial charge on any atom is -0.493 e. The monoisotopic (exact) mass is 722 g/mol. The lowest BCUT2D eigenvalue weighted by atomic mass is 9.62. The second-order valence-electron chi connectivity index (χ2n) is 15.0. The molecule has 0 radical (unpaired) electrons. The van der Waals surface area contributed by atoms with E-state index in [4.69, 9.17) is 28.1 Å². The Morgan fingerprint density at radius 2 is 1.15 bits per heavy atom. The summed E-state index contributed by atoms with van der Waals surface area (Å²) >= 11 is 0. The van der Waals surface area contributed by atoms with Gasteiger partial charge in [-0.05, 0) is 79.9 Å². The molecule has 0 spiro atoms. The Morgan fingerprint density at radius 1 is 0.630 bits per heavy atom. The van der Waals surface area contributed by atoms with Crippen LogP contribution in [0.15, 0.2) is 69.9 Å². The van der Waals surface area contributed by atoms with E-state index in [9.17, 15) is 19.2 Å². The van der Waals surface area contributed by atoms with E-state index in [2.05, 4.69) is 6.92 Å². The fourth-order valence-corrected chi connectivity index (χ4v) is 9.46. The summed E-state index contributed by atoms with van der Waals surface area (Å²) in [5.41, 5.74) is 3.65. The molecule has 0 saturated carbocycles. The fraction of sp³-hybridized carbons (Fsp3) is 0.273. The maximum Gasteiger partial charge on any atom is 0.228 e. The van der Waals surface area contributed by atoms with Crippen molar-refractivity contribution >= 4 is 44.7 Å². The lowest BCUT2D eigenvalue weighted by Crippen LogP contribution is -2.38. The Balaban J connectivity index is 1.10. The zero-order valence-corrected chi connectivity index (χ0v) is 30.1. The number of furan rings is 2. The Bertz CT molecular complexity index is 2710. The molecule has 0 fully saturated rings. The van der Waals surface area contributed by atoms with Gasteiger partial charge in [-0.25, -0.2) is 0 Å². The zero-order valence-electron chi connectivity index (χ0n) is 30.1. The highest BCUT2D eigenvalue weighted by molar-refractivity contribution is 6.17. The van der Waals surface area contributed by atoms with Crippen LogP contribution >= 0.6 is 0 Å². The van der Waals surface area contributed by atoms with Crippen LogP contribution in [0.25, 0.3) is 21.5 Å². The molecule has 0 N–H and O–H groups in total. The van der Waals surface area contributed by atoms with Crippen LogP contribution in [-0.2, 0) is 22.0 Å². The van der Waals surface area contributed by atoms with Crippen molar-refractivity contribution in [3.63, 3.8) is 0 Å². The lowest BCUT2D eigenvalue weighted by Gasteiger charge is -2.38. The molecule has 2 heterocycles. The molecule has 2 atom stereocenters. The van der Waals surface area contributed by atoms with E-state index in [1.165, 1.54) is 12.5 Å². The van der Waals surface area contributed by atoms with Crippen LogP contribution in [-0.4, -0.2) is 36.3 Å². The highest BCUT2D eigenvalue weighted by atomic mass is 17.2. The molecule has 0 saturated heterocycles. The third kappa shape index (κ3) is 4.22. The summed E-state index contributed by atoms with van der Waals surface area (Å²) in [6.45, 7) is 8.63. The number of fused-ring (bicyclic) bond motifs is 6. The van der Waals surface area contributed by atoms with Gasteiger partial charge in [0.1, 0.15) is 23.5 Å². The van der Waals surface area contributed by atoms with Crippen LogP contribution in [0, 0.1) is 0 Å². The molecule has 0 bridgehead atoms. The first-order valence-electron chi connectivity index (χ1n) is 18.3. The molecule has 4 aliphatic rings. The van der Waals surface area contributed by atoms with E-state index >= 15 is 0 Å². The molecular formula is C44H34O10. The van der Waals surface area contributed by atoms with Crippen molar-refractivity contribution < 1.29 is 47.3 Å². The summed E-state index contributed by atoms with van der Waals surface area (Å²) in [6, 6.07) is 14.5. The number of ketones is 4. The molecule has 270 valence electrons. The van der Waals surface area contributed by atoms with E-state index < -0.39 is 10.8 Å². The lowest BCUT2D eigenvalue weighted by molar-refractivity contribution is -0.119. The van der Waals surface area contributed by atoms with Crippen LogP contribution in [0.1, 0.15) is 117 Å². The summed E-state index contributed by atoms with van der Waals surface area (Å²) in [7, 11) is 0. The molecule has 10 heteroatoms. The summed E-state index contributed by atoms with van der Waals surface area (Å²) in [4.78, 5) is 66.0. The van der Waals surface area contributed by atoms with Gasteiger partial charge in [0.15, 0.2) is 28.8 Å². The molecule has 54 heavy (non-hydrogen) atoms. The minimum atomic E-state index is -0.780. The Labute approximate surface area is 308 Å². The molecular weight excluding hydrogens is 688 g/mol. The first kappa shape index (κ1) is 32.5. The van der Waals surface area contributed by atoms with E-state index in [1.54, 1.807) is 30.3 Å². The highest BCUT2D eigenvalue weighted by Crippen LogP contribution is 2.53. The summed E-state index contributed by atoms with van der Waals surface area (Å²) in [6.07, 6.45) is 4.29. The quantitative estimate of drug-likeness (QED) is 0.117. The van der Waals surface area contributed by atoms with Gasteiger partial charge in [0.2, 0.25) is 11.6 Å². The van der Waals surface area contributed by atoms with Gasteiger partial charge in [-0.1, -0.05) is 13.8 Å². The van der Waals surface area contributed by atoms with Gasteiger partial charge >= 0.3 is 0 Å². The molecule has 0 aliphatic heterocycles. The maximum atomic E-state index is 14.0. The largest absolute Gasteiger partial charge is 0.493 e. The standard InChI is InChI=1S/C44H34O10/c1-5-49-33-7-10-36(26-17-31-28(14-23(26)33)39(47)41-37-21(19-51-41)13-22(45)18-44(31,37)4)54-53-35-9-8-34(50-6-2)25-16-30-27(15-24(25)35)40(48)42-38-29(20-52-42)32(46)11-12-43(30,38)3/h7-10,14-17,19-20H,5-6,11-13,18H2,1-4H3/t43-,44?/m1/s1. The van der Waals surface area contributed by atoms with Gasteiger partial charge in [-0.15, -0.1) is 0 Å². The third-order valence-electron chi connectivity index (χ3n) is 11.9. The molecule has 4 aliphatic carbocycles. The Kier molecular flexibility index (Phi) is 6.72. The average Bonchev–Trinajstić information content (AvgIpc) is 3.82. The van der Waals surface area contributed by atoms with E-state index in [1.807, 2.05) is 39.0 Å². The van der Waals surface area contributed by atoms with Gasteiger partial charge in [0.25, 0.3) is 0 Å². The number of ether oxygens (including phenoxy) is 2. The second kappa shape index (κ2) is 11.2. The summed E-state index contributed by atoms with van der Waals surface area (Å²) < 4.78 is 23.6. The number of benzene rings is 4. The molecule has 4 aromatic carbocycles. The van der Waals surface area contributed by atoms with E-state index in [0.29, 0.717) is 93.0 Å². The van der Waals surface area contributed by atoms with Gasteiger partial charge in [-0.3, -0.25) is 29.0 Å². The van der Waals surface area contributed by atoms with Crippen LogP contribution < -0.4 is 19.2 Å². The number of rotatable bonds is 7. The van der Waals surface area contributed by atoms with Crippen molar-refractivity contribution in [1.82, 2.24) is 0 Å². The highest BCUT2D eigenvalue weighted by Gasteiger charge is 2.50. The van der Waals surface area contributed by atoms with Gasteiger partial charge in [-0.2, -0.15) is 0 Å². The topological polar surface area (TPSA) is 131 Å². The van der Waals surface area contributed by atoms with Crippen LogP contribution in [0.4, 0.5) is 0 Å². The number of hydrogen-bond acceptors (Lipinski definition) is 10. The third-order valence-corrected chi connectivity index (χ3v) is 11.9. The van der Waals surface area contributed by atoms with Crippen molar-refractivity contribution in [3.05, 3.63) is 117 Å². The maximum absolute atomic E-state index is 14.0. The number of hydrogen-bond donors (Lipinski definition) is 0. The molecule has 2 aromatic heterocycles. The Hall–Kier alpha value is -6.16. The zero-order chi connectivity index (χ0) is 37.3. The van der Waals surface area contributed by atoms with Gasteiger partial charge < -0.3 is 18.3 Å². The molecule has 1 unspecified atom stereocenters. The number of carbonyl (C=O) groups is 4. The Morgan fingerprint density at radius 3 is 1.78 bits per heavy atom. The van der Waals surface area contributed by atoms with Crippen LogP contribution in [0.5, 0.6) is 23.0 Å². The van der Waals surface area contributed by atoms with Gasteiger partial charge in [0.05, 0.1) is 25.0 Å². The van der Waals surface area contributed by atoms with E-state index in [0.717, 1.165) is 22.1 Å². The van der Waals surface area contributed by atoms with Crippen molar-refractivity contribution in [2.24, 2.45) is 0 Å². The van der Waals surface area contributed by atoms with Crippen molar-refractivity contribution in [2.75, 3.05) is 13.2 Å². The van der Waals surface area contributed by atoms with Crippen LogP contribution in [0.3, 0.4) is 0 Å². The van der Waals surface area contributed by atoms with Crippen LogP contribution in [0.2, 0.25) is 0 Å². The number of Topliss-reactive ketones (excluding diaryl/α,β-unsaturated/α-hetero) is 2.